The largest absolute Gasteiger partial charge is 0.348 e. The summed E-state index contributed by atoms with van der Waals surface area (Å²) < 4.78 is 1.69. The molecule has 1 heterocycles. The lowest BCUT2D eigenvalue weighted by Gasteiger charge is -2.25. The molecule has 0 aliphatic heterocycles. The number of carbonyl (C=O) groups excluding carboxylic acids is 1. The zero-order chi connectivity index (χ0) is 18.4. The van der Waals surface area contributed by atoms with E-state index in [1.54, 1.807) is 10.9 Å². The maximum atomic E-state index is 12.6. The summed E-state index contributed by atoms with van der Waals surface area (Å²) in [6.07, 6.45) is 4.28. The van der Waals surface area contributed by atoms with E-state index in [4.69, 9.17) is 0 Å². The van der Waals surface area contributed by atoms with E-state index in [-0.39, 0.29) is 5.91 Å². The van der Waals surface area contributed by atoms with Crippen LogP contribution in [0.4, 0.5) is 0 Å². The van der Waals surface area contributed by atoms with E-state index in [2.05, 4.69) is 47.9 Å². The summed E-state index contributed by atoms with van der Waals surface area (Å²) >= 11 is 0. The Labute approximate surface area is 155 Å². The minimum Gasteiger partial charge on any atom is -0.348 e. The van der Waals surface area contributed by atoms with Crippen LogP contribution in [-0.4, -0.2) is 28.8 Å². The predicted molar refractivity (Wildman–Crippen MR) is 102 cm³/mol. The average molecular weight is 352 g/mol. The molecule has 1 amide bonds. The highest BCUT2D eigenvalue weighted by Gasteiger charge is 2.50. The van der Waals surface area contributed by atoms with Gasteiger partial charge in [-0.25, -0.2) is 0 Å². The van der Waals surface area contributed by atoms with E-state index in [1.807, 2.05) is 14.0 Å². The summed E-state index contributed by atoms with van der Waals surface area (Å²) in [6, 6.07) is 7.15. The Bertz CT molecular complexity index is 841. The van der Waals surface area contributed by atoms with E-state index in [1.165, 1.54) is 29.5 Å². The van der Waals surface area contributed by atoms with E-state index < -0.39 is 0 Å². The van der Waals surface area contributed by atoms with Crippen LogP contribution >= 0.6 is 0 Å². The third kappa shape index (κ3) is 2.57. The van der Waals surface area contributed by atoms with Gasteiger partial charge in [0.15, 0.2) is 0 Å². The monoisotopic (exact) mass is 352 g/mol. The molecular weight excluding hydrogens is 324 g/mol. The van der Waals surface area contributed by atoms with Crippen LogP contribution in [-0.2, 0) is 13.6 Å². The third-order valence-electron chi connectivity index (χ3n) is 6.40. The Hall–Kier alpha value is -2.14. The van der Waals surface area contributed by atoms with Crippen molar-refractivity contribution < 1.29 is 4.79 Å². The Kier molecular flexibility index (Phi) is 4.35. The van der Waals surface area contributed by atoms with Crippen molar-refractivity contribution in [3.63, 3.8) is 0 Å². The standard InChI is InChI=1S/C21H28N4O/c1-5-13-9-16-18-14(7-6-8-15(18)19(13)20(16)22-3)10-23-21(26)17-11-25(4)24-12(17)2/h6-8,11,13,16,19-20,22H,5,9-10H2,1-4H3,(H,23,26)/t13?,16?,19-,20?/m1/s1. The maximum absolute atomic E-state index is 12.6. The zero-order valence-corrected chi connectivity index (χ0v) is 16.0. The first-order valence-corrected chi connectivity index (χ1v) is 9.62. The van der Waals surface area contributed by atoms with E-state index in [0.717, 1.165) is 11.6 Å². The zero-order valence-electron chi connectivity index (χ0n) is 16.0. The highest BCUT2D eigenvalue weighted by molar-refractivity contribution is 5.95. The van der Waals surface area contributed by atoms with Gasteiger partial charge in [-0.15, -0.1) is 0 Å². The molecule has 3 unspecified atom stereocenters. The van der Waals surface area contributed by atoms with Crippen molar-refractivity contribution in [3.05, 3.63) is 52.3 Å². The number of likely N-dealkylation sites (N-methyl/N-ethyl adjacent to an activating group) is 1. The Morgan fingerprint density at radius 2 is 2.19 bits per heavy atom. The molecule has 2 N–H and O–H groups in total. The van der Waals surface area contributed by atoms with Crippen LogP contribution in [0.5, 0.6) is 0 Å². The number of nitrogens with zero attached hydrogens (tertiary/aromatic N) is 2. The van der Waals surface area contributed by atoms with Crippen LogP contribution in [0.1, 0.15) is 64.3 Å². The smallest absolute Gasteiger partial charge is 0.255 e. The quantitative estimate of drug-likeness (QED) is 0.870. The maximum Gasteiger partial charge on any atom is 0.255 e. The normalized spacial score (nSPS) is 26.2. The lowest BCUT2D eigenvalue weighted by Crippen LogP contribution is -2.29. The SMILES string of the molecule is CCC1CC2c3c(CNC(=O)c4cn(C)nc4C)cccc3[C@@H]1C2NC. The molecule has 26 heavy (non-hydrogen) atoms. The number of hydrogen-bond donors (Lipinski definition) is 2. The highest BCUT2D eigenvalue weighted by atomic mass is 16.1. The molecular formula is C21H28N4O. The molecule has 4 rings (SSSR count). The lowest BCUT2D eigenvalue weighted by molar-refractivity contribution is 0.0950. The van der Waals surface area contributed by atoms with Crippen LogP contribution in [0.2, 0.25) is 0 Å². The molecule has 2 aliphatic carbocycles. The van der Waals surface area contributed by atoms with Crippen LogP contribution < -0.4 is 10.6 Å². The summed E-state index contributed by atoms with van der Waals surface area (Å²) in [4.78, 5) is 12.6. The fraction of sp³-hybridized carbons (Fsp3) is 0.524. The molecule has 0 saturated heterocycles. The highest BCUT2D eigenvalue weighted by Crippen LogP contribution is 2.57. The van der Waals surface area contributed by atoms with Crippen LogP contribution in [0.15, 0.2) is 24.4 Å². The van der Waals surface area contributed by atoms with Crippen LogP contribution in [0.3, 0.4) is 0 Å². The Morgan fingerprint density at radius 3 is 2.85 bits per heavy atom. The number of hydrogen-bond acceptors (Lipinski definition) is 3. The van der Waals surface area contributed by atoms with Crippen molar-refractivity contribution in [1.29, 1.82) is 0 Å². The minimum absolute atomic E-state index is 0.0482. The molecule has 0 spiro atoms. The van der Waals surface area contributed by atoms with Gasteiger partial charge in [0.2, 0.25) is 0 Å². The fourth-order valence-electron chi connectivity index (χ4n) is 5.33. The molecule has 2 aromatic rings. The molecule has 138 valence electrons. The molecule has 5 heteroatoms. The summed E-state index contributed by atoms with van der Waals surface area (Å²) in [5.74, 6) is 1.90. The number of nitrogens with one attached hydrogen (secondary N) is 2. The van der Waals surface area contributed by atoms with Gasteiger partial charge in [0.25, 0.3) is 5.91 Å². The van der Waals surface area contributed by atoms with Crippen molar-refractivity contribution in [2.75, 3.05) is 7.05 Å². The summed E-state index contributed by atoms with van der Waals surface area (Å²) in [5.41, 5.74) is 5.66. The second kappa shape index (κ2) is 6.54. The van der Waals surface area contributed by atoms with Gasteiger partial charge in [-0.2, -0.15) is 5.10 Å². The van der Waals surface area contributed by atoms with Crippen LogP contribution in [0.25, 0.3) is 0 Å². The van der Waals surface area contributed by atoms with Crippen molar-refractivity contribution in [1.82, 2.24) is 20.4 Å². The molecule has 0 radical (unpaired) electrons. The number of rotatable bonds is 5. The molecule has 1 saturated carbocycles. The lowest BCUT2D eigenvalue weighted by atomic mass is 9.80. The van der Waals surface area contributed by atoms with E-state index in [0.29, 0.717) is 30.0 Å². The van der Waals surface area contributed by atoms with Crippen molar-refractivity contribution in [2.45, 2.75) is 51.1 Å². The summed E-state index contributed by atoms with van der Waals surface area (Å²) in [6.45, 7) is 4.75. The van der Waals surface area contributed by atoms with Gasteiger partial charge in [-0.3, -0.25) is 9.48 Å². The van der Waals surface area contributed by atoms with E-state index >= 15 is 0 Å². The molecule has 4 atom stereocenters. The molecule has 1 fully saturated rings. The van der Waals surface area contributed by atoms with Crippen molar-refractivity contribution in [3.8, 4) is 0 Å². The second-order valence-electron chi connectivity index (χ2n) is 7.76. The van der Waals surface area contributed by atoms with Gasteiger partial charge >= 0.3 is 0 Å². The number of amides is 1. The Morgan fingerprint density at radius 1 is 1.38 bits per heavy atom. The summed E-state index contributed by atoms with van der Waals surface area (Å²) in [5, 5.41) is 10.9. The van der Waals surface area contributed by atoms with Gasteiger partial charge in [0.1, 0.15) is 0 Å². The molecule has 5 nitrogen and oxygen atoms in total. The van der Waals surface area contributed by atoms with E-state index in [9.17, 15) is 4.79 Å². The van der Waals surface area contributed by atoms with Gasteiger partial charge in [-0.1, -0.05) is 31.5 Å². The molecule has 2 bridgehead atoms. The first-order chi connectivity index (χ1) is 12.5. The predicted octanol–water partition coefficient (Wildman–Crippen LogP) is 2.86. The minimum atomic E-state index is -0.0482. The van der Waals surface area contributed by atoms with Crippen molar-refractivity contribution >= 4 is 5.91 Å². The molecule has 1 aromatic carbocycles. The number of aryl methyl sites for hydroxylation is 2. The van der Waals surface area contributed by atoms with Crippen LogP contribution in [0, 0.1) is 12.8 Å². The average Bonchev–Trinajstić information content (AvgIpc) is 3.28. The molecule has 1 aromatic heterocycles. The first kappa shape index (κ1) is 17.3. The number of carbonyl (C=O) groups is 1. The number of fused-ring (bicyclic) bond motifs is 5. The van der Waals surface area contributed by atoms with Gasteiger partial charge in [0, 0.05) is 37.7 Å². The van der Waals surface area contributed by atoms with Gasteiger partial charge < -0.3 is 10.6 Å². The third-order valence-corrected chi connectivity index (χ3v) is 6.40. The van der Waals surface area contributed by atoms with Gasteiger partial charge in [-0.05, 0) is 43.0 Å². The summed E-state index contributed by atoms with van der Waals surface area (Å²) in [7, 11) is 3.92. The van der Waals surface area contributed by atoms with Gasteiger partial charge in [0.05, 0.1) is 11.3 Å². The fourth-order valence-corrected chi connectivity index (χ4v) is 5.33. The molecule has 2 aliphatic rings. The Balaban J connectivity index is 1.57. The number of aromatic nitrogens is 2. The first-order valence-electron chi connectivity index (χ1n) is 9.62. The number of benzene rings is 1. The topological polar surface area (TPSA) is 59.0 Å². The second-order valence-corrected chi connectivity index (χ2v) is 7.76. The van der Waals surface area contributed by atoms with Crippen molar-refractivity contribution in [2.24, 2.45) is 13.0 Å².